The number of aromatic amines is 1. The number of carbonyl (C=O) groups excluding carboxylic acids is 4. The van der Waals surface area contributed by atoms with Crippen LogP contribution in [0.1, 0.15) is 136 Å². The Morgan fingerprint density at radius 3 is 1.29 bits per heavy atom. The summed E-state index contributed by atoms with van der Waals surface area (Å²) < 4.78 is 72.5. The van der Waals surface area contributed by atoms with Gasteiger partial charge in [-0.1, -0.05) is 106 Å². The third-order valence-electron chi connectivity index (χ3n) is 21.2. The van der Waals surface area contributed by atoms with Gasteiger partial charge in [0, 0.05) is 117 Å². The molecule has 10 N–H and O–H groups in total. The highest BCUT2D eigenvalue weighted by Gasteiger charge is 2.28. The molecule has 1 atom stereocenters. The molecule has 0 spiro atoms. The molecule has 2 aliphatic rings. The number of aromatic carboxylic acids is 1. The number of H-pyrrole nitrogens is 1. The van der Waals surface area contributed by atoms with Gasteiger partial charge in [0.2, 0.25) is 29.6 Å². The first-order chi connectivity index (χ1) is 68.3. The van der Waals surface area contributed by atoms with E-state index in [2.05, 4.69) is 117 Å². The van der Waals surface area contributed by atoms with E-state index >= 15 is 0 Å². The summed E-state index contributed by atoms with van der Waals surface area (Å²) in [5, 5.41) is 63.6. The standard InChI is InChI=1S/C24H24N6O4S2.C24H27N5O5S.C23H25N9O3S.C22H22N6O5S2/c1-4-34-22(31)21-15(2)27-24(35-21)30-23-28-19(17-6-5-11-25-14-17)12-20(29-23)26-13-16-7-9-18(10-8-16)36(3,32)33;1-3-34-22(33)20-14(2)25-24(35-20)28-23-26-18(16-6-8-17(9-7-16)21(31)32)11-19(27-23)29-10-4-5-15(12-29)13-30;1-3-35-21(34)19-13(2)24-23(36-19)27-22-25-17(12-18(26-22)32-10-8-16(33)9-11-32)14-4-6-15(7-5-14)20-28-30-31-29-20;1-4-32-20(29)19-13(2)25-22(34-19)28-21-26-16(17-11-23-12-33-17)9-18(27-21)24-10-14-5-7-15(8-6-14)35(3,30)31/h5-12,14H,4,13H2,1-3H3,(H2,26,27,28,29,30);6-9,11,15,30H,3-5,10,12-13H2,1-2H3,(H,31,32)(H,25,26,27,28);4-7,12,16,33H,3,8-11H2,1-2H3,(H,24,25,26,27)(H,28,29,30,31);5-9,11-12H,4,10H2,1-3H3,(H2,24,25,26,27,28). The molecule has 0 saturated carbocycles. The van der Waals surface area contributed by atoms with Crippen LogP contribution in [0.25, 0.3) is 56.6 Å². The van der Waals surface area contributed by atoms with E-state index in [1.807, 2.05) is 48.5 Å². The van der Waals surface area contributed by atoms with E-state index in [1.54, 1.807) is 141 Å². The number of thiazole rings is 4. The number of nitrogens with one attached hydrogen (secondary N) is 7. The minimum atomic E-state index is -3.26. The first-order valence-electron chi connectivity index (χ1n) is 44.4. The molecule has 2 fully saturated rings. The molecule has 1 unspecified atom stereocenters. The van der Waals surface area contributed by atoms with E-state index in [1.165, 1.54) is 59.9 Å². The van der Waals surface area contributed by atoms with Crippen LogP contribution in [0.15, 0.2) is 173 Å². The first kappa shape index (κ1) is 103. The van der Waals surface area contributed by atoms with Crippen molar-refractivity contribution in [3.8, 4) is 56.6 Å². The number of anilines is 12. The van der Waals surface area contributed by atoms with Gasteiger partial charge in [0.05, 0.1) is 93.9 Å². The van der Waals surface area contributed by atoms with Crippen LogP contribution in [0.4, 0.5) is 67.6 Å². The van der Waals surface area contributed by atoms with Crippen molar-refractivity contribution in [1.29, 1.82) is 0 Å². The summed E-state index contributed by atoms with van der Waals surface area (Å²) in [5.74, 6) is 2.09. The number of aryl methyl sites for hydroxylation is 4. The molecule has 2 saturated heterocycles. The zero-order chi connectivity index (χ0) is 101. The Bertz CT molecular complexity index is 7140. The Morgan fingerprint density at radius 2 is 0.894 bits per heavy atom. The lowest BCUT2D eigenvalue weighted by molar-refractivity contribution is 0.0521. The third kappa shape index (κ3) is 27.7. The molecule has 142 heavy (non-hydrogen) atoms. The van der Waals surface area contributed by atoms with Crippen LogP contribution in [0, 0.1) is 33.6 Å². The van der Waals surface area contributed by atoms with Crippen LogP contribution in [0.3, 0.4) is 0 Å². The summed E-state index contributed by atoms with van der Waals surface area (Å²) in [6.07, 6.45) is 11.5. The first-order valence-corrected chi connectivity index (χ1v) is 51.4. The average Bonchev–Trinajstić information content (AvgIpc) is 1.67. The number of tetrazole rings is 1. The molecule has 0 amide bonds. The molecular weight excluding hydrogens is 1950 g/mol. The zero-order valence-corrected chi connectivity index (χ0v) is 83.2. The van der Waals surface area contributed by atoms with Crippen molar-refractivity contribution in [3.05, 3.63) is 217 Å². The Hall–Kier alpha value is -15.3. The second-order valence-corrected chi connectivity index (χ2v) is 39.6. The summed E-state index contributed by atoms with van der Waals surface area (Å²) in [6.45, 7) is 18.9. The minimum Gasteiger partial charge on any atom is -0.478 e. The van der Waals surface area contributed by atoms with Gasteiger partial charge in [-0.15, -0.1) is 10.2 Å². The molecular formula is C93H98N26O17S6. The lowest BCUT2D eigenvalue weighted by Crippen LogP contribution is -2.37. The maximum absolute atomic E-state index is 12.2. The van der Waals surface area contributed by atoms with E-state index in [-0.39, 0.29) is 65.7 Å². The van der Waals surface area contributed by atoms with Crippen molar-refractivity contribution >= 4 is 162 Å². The van der Waals surface area contributed by atoms with Crippen molar-refractivity contribution in [2.45, 2.75) is 110 Å². The number of hydrogen-bond acceptors (Lipinski definition) is 45. The summed E-state index contributed by atoms with van der Waals surface area (Å²) in [6, 6.07) is 38.4. The monoisotopic (exact) mass is 2040 g/mol. The second-order valence-electron chi connectivity index (χ2n) is 31.6. The van der Waals surface area contributed by atoms with E-state index in [0.29, 0.717) is 179 Å². The number of carboxylic acid groups (broad SMARTS) is 1. The van der Waals surface area contributed by atoms with Gasteiger partial charge in [-0.3, -0.25) is 26.3 Å². The topological polar surface area (TPSA) is 578 Å². The van der Waals surface area contributed by atoms with Gasteiger partial charge in [-0.05, 0) is 152 Å². The third-order valence-corrected chi connectivity index (χ3v) is 27.6. The lowest BCUT2D eigenvalue weighted by atomic mass is 9.99. The number of oxazole rings is 1. The SMILES string of the molecule is CCOC(=O)c1sc(Nc2nc(-c3ccc(-c4nn[nH]n4)cc3)cc(N3CCC(O)CC3)n2)nc1C.CCOC(=O)c1sc(Nc2nc(-c3ccc(C(=O)O)cc3)cc(N3CCCC(CO)C3)n2)nc1C.CCOC(=O)c1sc(Nc2nc(NCc3ccc(S(C)(=O)=O)cc3)cc(-c3cccnc3)n2)nc1C.CCOC(=O)c1sc(Nc2nc(NCc3ccc(S(C)(=O)=O)cc3)cc(-c3cnco3)n2)nc1C. The number of aliphatic hydroxyl groups is 2. The molecule has 4 aromatic carbocycles. The van der Waals surface area contributed by atoms with Crippen LogP contribution in [0.5, 0.6) is 0 Å². The van der Waals surface area contributed by atoms with Crippen LogP contribution >= 0.6 is 45.3 Å². The Labute approximate surface area is 830 Å². The van der Waals surface area contributed by atoms with Gasteiger partial charge in [0.15, 0.2) is 52.4 Å². The molecule has 15 aromatic rings. The van der Waals surface area contributed by atoms with Gasteiger partial charge in [-0.25, -0.2) is 85.7 Å². The van der Waals surface area contributed by atoms with E-state index in [4.69, 9.17) is 38.3 Å². The molecule has 17 rings (SSSR count). The summed E-state index contributed by atoms with van der Waals surface area (Å²) in [5.41, 5.74) is 9.85. The fourth-order valence-corrected chi connectivity index (χ4v) is 18.8. The maximum atomic E-state index is 12.2. The highest BCUT2D eigenvalue weighted by atomic mass is 32.2. The van der Waals surface area contributed by atoms with Crippen molar-refractivity contribution in [2.24, 2.45) is 5.92 Å². The number of carbonyl (C=O) groups is 5. The normalized spacial score (nSPS) is 13.1. The number of sulfone groups is 2. The molecule has 2 aliphatic heterocycles. The summed E-state index contributed by atoms with van der Waals surface area (Å²) in [4.78, 5) is 129. The lowest BCUT2D eigenvalue weighted by Gasteiger charge is -2.33. The number of rotatable bonds is 33. The predicted molar refractivity (Wildman–Crippen MR) is 535 cm³/mol. The predicted octanol–water partition coefficient (Wildman–Crippen LogP) is 14.8. The Kier molecular flexibility index (Phi) is 34.4. The number of carboxylic acids is 1. The molecule has 49 heteroatoms. The second kappa shape index (κ2) is 47.6. The van der Waals surface area contributed by atoms with Crippen LogP contribution in [-0.2, 0) is 51.7 Å². The van der Waals surface area contributed by atoms with E-state index in [0.717, 1.165) is 81.3 Å². The van der Waals surface area contributed by atoms with E-state index < -0.39 is 49.5 Å². The van der Waals surface area contributed by atoms with Gasteiger partial charge < -0.3 is 59.1 Å². The molecule has 0 bridgehead atoms. The summed E-state index contributed by atoms with van der Waals surface area (Å²) in [7, 11) is -6.52. The fourth-order valence-electron chi connectivity index (χ4n) is 14.1. The van der Waals surface area contributed by atoms with Crippen molar-refractivity contribution < 1.29 is 79.5 Å². The number of esters is 4. The number of benzene rings is 4. The molecule has 13 heterocycles. The van der Waals surface area contributed by atoms with Gasteiger partial charge in [-0.2, -0.15) is 25.1 Å². The number of nitrogens with zero attached hydrogens (tertiary/aromatic N) is 19. The molecule has 43 nitrogen and oxygen atoms in total. The van der Waals surface area contributed by atoms with Crippen LogP contribution < -0.4 is 41.7 Å². The van der Waals surface area contributed by atoms with Crippen molar-refractivity contribution in [2.75, 3.05) is 113 Å². The fraction of sp³-hybridized carbons (Fsp3) is 0.290. The smallest absolute Gasteiger partial charge is 0.350 e. The highest BCUT2D eigenvalue weighted by molar-refractivity contribution is 7.91. The minimum absolute atomic E-state index is 0.116. The van der Waals surface area contributed by atoms with Crippen molar-refractivity contribution in [3.63, 3.8) is 0 Å². The zero-order valence-electron chi connectivity index (χ0n) is 78.3. The van der Waals surface area contributed by atoms with Gasteiger partial charge in [0.1, 0.15) is 48.5 Å². The number of aliphatic hydroxyl groups excluding tert-OH is 2. The summed E-state index contributed by atoms with van der Waals surface area (Å²) >= 11 is 4.67. The van der Waals surface area contributed by atoms with Gasteiger partial charge in [0.25, 0.3) is 0 Å². The molecule has 738 valence electrons. The van der Waals surface area contributed by atoms with Crippen LogP contribution in [-0.4, -0.2) is 230 Å². The van der Waals surface area contributed by atoms with Crippen LogP contribution in [0.2, 0.25) is 0 Å². The number of aromatic nitrogens is 18. The number of pyridine rings is 1. The quantitative estimate of drug-likeness (QED) is 0.0135. The van der Waals surface area contributed by atoms with E-state index in [9.17, 15) is 56.1 Å². The molecule has 0 aliphatic carbocycles. The van der Waals surface area contributed by atoms with Crippen molar-refractivity contribution in [1.82, 2.24) is 90.4 Å². The number of hydrogen-bond donors (Lipinski definition) is 10. The Balaban J connectivity index is 0.000000150. The number of ether oxygens (including phenoxy) is 4. The highest BCUT2D eigenvalue weighted by Crippen LogP contribution is 2.37. The maximum Gasteiger partial charge on any atom is 0.350 e. The number of piperidine rings is 2. The Morgan fingerprint density at radius 1 is 0.479 bits per heavy atom. The molecule has 0 radical (unpaired) electrons. The molecule has 11 aromatic heterocycles. The average molecular weight is 2040 g/mol. The largest absolute Gasteiger partial charge is 0.478 e. The van der Waals surface area contributed by atoms with Gasteiger partial charge >= 0.3 is 29.8 Å².